The maximum absolute atomic E-state index is 3.71. The van der Waals surface area contributed by atoms with Crippen LogP contribution in [0.3, 0.4) is 0 Å². The van der Waals surface area contributed by atoms with Crippen LogP contribution in [0.25, 0.3) is 0 Å². The first kappa shape index (κ1) is 13.4. The van der Waals surface area contributed by atoms with E-state index >= 15 is 0 Å². The van der Waals surface area contributed by atoms with Crippen molar-refractivity contribution < 1.29 is 0 Å². The molecule has 2 atom stereocenters. The van der Waals surface area contributed by atoms with Crippen molar-refractivity contribution in [3.63, 3.8) is 0 Å². The van der Waals surface area contributed by atoms with Crippen LogP contribution < -0.4 is 5.32 Å². The van der Waals surface area contributed by atoms with Crippen LogP contribution in [-0.2, 0) is 0 Å². The summed E-state index contributed by atoms with van der Waals surface area (Å²) in [5, 5.41) is 4.55. The molecule has 1 aliphatic heterocycles. The SMILES string of the molecule is Cc1cc(C(C)NCC2CCCCS2)c(C)s1. The molecule has 1 N–H and O–H groups in total. The molecule has 2 unspecified atom stereocenters. The monoisotopic (exact) mass is 269 g/mol. The first-order valence-corrected chi connectivity index (χ1v) is 8.45. The lowest BCUT2D eigenvalue weighted by Crippen LogP contribution is -2.29. The Labute approximate surface area is 113 Å². The lowest BCUT2D eigenvalue weighted by molar-refractivity contribution is 0.538. The summed E-state index contributed by atoms with van der Waals surface area (Å²) in [5.74, 6) is 1.36. The number of thioether (sulfide) groups is 1. The predicted octanol–water partition coefficient (Wildman–Crippen LogP) is 4.30. The molecule has 0 radical (unpaired) electrons. The molecule has 0 amide bonds. The summed E-state index contributed by atoms with van der Waals surface area (Å²) in [4.78, 5) is 2.90. The molecule has 1 fully saturated rings. The lowest BCUT2D eigenvalue weighted by Gasteiger charge is -2.23. The number of hydrogen-bond donors (Lipinski definition) is 1. The van der Waals surface area contributed by atoms with Crippen LogP contribution >= 0.6 is 23.1 Å². The van der Waals surface area contributed by atoms with Crippen LogP contribution in [0.15, 0.2) is 6.07 Å². The Morgan fingerprint density at radius 2 is 2.24 bits per heavy atom. The van der Waals surface area contributed by atoms with Gasteiger partial charge in [-0.25, -0.2) is 0 Å². The zero-order valence-corrected chi connectivity index (χ0v) is 12.7. The first-order chi connectivity index (χ1) is 8.16. The van der Waals surface area contributed by atoms with Gasteiger partial charge in [0.15, 0.2) is 0 Å². The van der Waals surface area contributed by atoms with Gasteiger partial charge in [-0.1, -0.05) is 6.42 Å². The van der Waals surface area contributed by atoms with E-state index < -0.39 is 0 Å². The van der Waals surface area contributed by atoms with Crippen molar-refractivity contribution in [1.29, 1.82) is 0 Å². The van der Waals surface area contributed by atoms with Gasteiger partial charge in [0.05, 0.1) is 0 Å². The fourth-order valence-electron chi connectivity index (χ4n) is 2.47. The first-order valence-electron chi connectivity index (χ1n) is 6.58. The molecule has 2 heterocycles. The summed E-state index contributed by atoms with van der Waals surface area (Å²) >= 11 is 4.06. The van der Waals surface area contributed by atoms with E-state index in [4.69, 9.17) is 0 Å². The second-order valence-corrected chi connectivity index (χ2v) is 7.86. The Kier molecular flexibility index (Phi) is 4.95. The summed E-state index contributed by atoms with van der Waals surface area (Å²) in [6.07, 6.45) is 4.23. The Bertz CT molecular complexity index is 353. The zero-order valence-electron chi connectivity index (χ0n) is 11.1. The van der Waals surface area contributed by atoms with E-state index in [0.29, 0.717) is 6.04 Å². The van der Waals surface area contributed by atoms with Crippen LogP contribution in [-0.4, -0.2) is 17.5 Å². The summed E-state index contributed by atoms with van der Waals surface area (Å²) in [7, 11) is 0. The van der Waals surface area contributed by atoms with Crippen molar-refractivity contribution in [3.8, 4) is 0 Å². The Morgan fingerprint density at radius 1 is 1.41 bits per heavy atom. The van der Waals surface area contributed by atoms with Crippen LogP contribution in [0.1, 0.15) is 47.5 Å². The molecule has 0 aromatic carbocycles. The molecule has 1 nitrogen and oxygen atoms in total. The maximum atomic E-state index is 3.71. The Hall–Kier alpha value is 0.01000. The van der Waals surface area contributed by atoms with Gasteiger partial charge in [0.25, 0.3) is 0 Å². The minimum atomic E-state index is 0.502. The second-order valence-electron chi connectivity index (χ2n) is 4.99. The number of aryl methyl sites for hydroxylation is 2. The highest BCUT2D eigenvalue weighted by atomic mass is 32.2. The van der Waals surface area contributed by atoms with Crippen molar-refractivity contribution in [2.24, 2.45) is 0 Å². The summed E-state index contributed by atoms with van der Waals surface area (Å²) in [6, 6.07) is 2.84. The van der Waals surface area contributed by atoms with Gasteiger partial charge in [0.1, 0.15) is 0 Å². The fourth-order valence-corrected chi connectivity index (χ4v) is 4.74. The fraction of sp³-hybridized carbons (Fsp3) is 0.714. The molecule has 0 saturated carbocycles. The molecule has 3 heteroatoms. The predicted molar refractivity (Wildman–Crippen MR) is 80.3 cm³/mol. The molecular weight excluding hydrogens is 246 g/mol. The van der Waals surface area contributed by atoms with Gasteiger partial charge in [-0.3, -0.25) is 0 Å². The normalized spacial score (nSPS) is 22.6. The molecule has 17 heavy (non-hydrogen) atoms. The zero-order chi connectivity index (χ0) is 12.3. The van der Waals surface area contributed by atoms with Crippen LogP contribution in [0.4, 0.5) is 0 Å². The third-order valence-electron chi connectivity index (χ3n) is 3.47. The van der Waals surface area contributed by atoms with E-state index in [1.807, 2.05) is 11.3 Å². The molecule has 1 aromatic heterocycles. The number of nitrogens with one attached hydrogen (secondary N) is 1. The van der Waals surface area contributed by atoms with Crippen LogP contribution in [0.2, 0.25) is 0 Å². The van der Waals surface area contributed by atoms with Gasteiger partial charge in [-0.2, -0.15) is 11.8 Å². The number of hydrogen-bond acceptors (Lipinski definition) is 3. The highest BCUT2D eigenvalue weighted by molar-refractivity contribution is 7.99. The quantitative estimate of drug-likeness (QED) is 0.874. The summed E-state index contributed by atoms with van der Waals surface area (Å²) < 4.78 is 0. The smallest absolute Gasteiger partial charge is 0.0303 e. The van der Waals surface area contributed by atoms with Gasteiger partial charge in [0, 0.05) is 27.6 Å². The van der Waals surface area contributed by atoms with Crippen molar-refractivity contribution in [3.05, 3.63) is 21.4 Å². The van der Waals surface area contributed by atoms with Gasteiger partial charge in [-0.15, -0.1) is 11.3 Å². The highest BCUT2D eigenvalue weighted by Crippen LogP contribution is 2.28. The average Bonchev–Trinajstić information content (AvgIpc) is 2.67. The van der Waals surface area contributed by atoms with E-state index in [0.717, 1.165) is 5.25 Å². The van der Waals surface area contributed by atoms with E-state index in [9.17, 15) is 0 Å². The average molecular weight is 269 g/mol. The van der Waals surface area contributed by atoms with Gasteiger partial charge >= 0.3 is 0 Å². The molecule has 1 saturated heterocycles. The topological polar surface area (TPSA) is 12.0 Å². The molecule has 2 rings (SSSR count). The Morgan fingerprint density at radius 3 is 2.82 bits per heavy atom. The van der Waals surface area contributed by atoms with Crippen LogP contribution in [0, 0.1) is 13.8 Å². The Balaban J connectivity index is 1.84. The summed E-state index contributed by atoms with van der Waals surface area (Å²) in [5.41, 5.74) is 1.49. The van der Waals surface area contributed by atoms with Crippen molar-refractivity contribution in [1.82, 2.24) is 5.32 Å². The van der Waals surface area contributed by atoms with E-state index in [2.05, 4.69) is 43.9 Å². The minimum Gasteiger partial charge on any atom is -0.309 e. The molecular formula is C14H23NS2. The second kappa shape index (κ2) is 6.26. The van der Waals surface area contributed by atoms with E-state index in [1.165, 1.54) is 46.9 Å². The number of thiophene rings is 1. The largest absolute Gasteiger partial charge is 0.309 e. The van der Waals surface area contributed by atoms with Gasteiger partial charge in [0.2, 0.25) is 0 Å². The van der Waals surface area contributed by atoms with E-state index in [1.54, 1.807) is 0 Å². The van der Waals surface area contributed by atoms with Crippen LogP contribution in [0.5, 0.6) is 0 Å². The van der Waals surface area contributed by atoms with Crippen molar-refractivity contribution in [2.75, 3.05) is 12.3 Å². The molecule has 1 aromatic rings. The standard InChI is InChI=1S/C14H23NS2/c1-10-8-14(12(3)17-10)11(2)15-9-13-6-4-5-7-16-13/h8,11,13,15H,4-7,9H2,1-3H3. The van der Waals surface area contributed by atoms with Crippen molar-refractivity contribution in [2.45, 2.75) is 51.3 Å². The molecule has 0 aliphatic carbocycles. The molecule has 0 spiro atoms. The van der Waals surface area contributed by atoms with E-state index in [-0.39, 0.29) is 0 Å². The number of rotatable bonds is 4. The highest BCUT2D eigenvalue weighted by Gasteiger charge is 2.16. The third-order valence-corrected chi connectivity index (χ3v) is 5.85. The van der Waals surface area contributed by atoms with Gasteiger partial charge < -0.3 is 5.32 Å². The molecule has 96 valence electrons. The van der Waals surface area contributed by atoms with Crippen molar-refractivity contribution >= 4 is 23.1 Å². The summed E-state index contributed by atoms with van der Waals surface area (Å²) in [6.45, 7) is 7.90. The third kappa shape index (κ3) is 3.73. The molecule has 1 aliphatic rings. The molecule has 0 bridgehead atoms. The minimum absolute atomic E-state index is 0.502. The van der Waals surface area contributed by atoms with Gasteiger partial charge in [-0.05, 0) is 51.0 Å². The maximum Gasteiger partial charge on any atom is 0.0303 e. The lowest BCUT2D eigenvalue weighted by atomic mass is 10.1.